The number of sulfonamides is 1. The third-order valence-corrected chi connectivity index (χ3v) is 8.10. The summed E-state index contributed by atoms with van der Waals surface area (Å²) >= 11 is 0. The summed E-state index contributed by atoms with van der Waals surface area (Å²) in [7, 11) is -2.71. The van der Waals surface area contributed by atoms with Crippen molar-refractivity contribution >= 4 is 27.5 Å². The lowest BCUT2D eigenvalue weighted by Crippen LogP contribution is -2.53. The number of anilines is 1. The van der Waals surface area contributed by atoms with Crippen LogP contribution in [0.25, 0.3) is 0 Å². The van der Waals surface area contributed by atoms with E-state index in [-0.39, 0.29) is 29.1 Å². The van der Waals surface area contributed by atoms with Crippen LogP contribution in [-0.4, -0.2) is 57.4 Å². The molecule has 0 fully saturated rings. The molecule has 0 bridgehead atoms. The van der Waals surface area contributed by atoms with Crippen LogP contribution in [0.2, 0.25) is 0 Å². The molecule has 3 aromatic rings. The first-order chi connectivity index (χ1) is 18.5. The van der Waals surface area contributed by atoms with Gasteiger partial charge in [0.25, 0.3) is 10.0 Å². The van der Waals surface area contributed by atoms with E-state index in [1.54, 1.807) is 43.3 Å². The molecule has 0 saturated heterocycles. The summed E-state index contributed by atoms with van der Waals surface area (Å²) in [6.45, 7) is 6.94. The number of hydrogen-bond acceptors (Lipinski definition) is 5. The van der Waals surface area contributed by atoms with E-state index in [4.69, 9.17) is 4.74 Å². The molecule has 0 unspecified atom stereocenters. The topological polar surface area (TPSA) is 96.0 Å². The first-order valence-corrected chi connectivity index (χ1v) is 14.3. The van der Waals surface area contributed by atoms with Crippen molar-refractivity contribution in [2.75, 3.05) is 24.5 Å². The predicted molar refractivity (Wildman–Crippen MR) is 153 cm³/mol. The minimum atomic E-state index is -4.16. The van der Waals surface area contributed by atoms with Crippen LogP contribution in [0, 0.1) is 6.92 Å². The number of methoxy groups -OCH3 is 1. The fourth-order valence-corrected chi connectivity index (χ4v) is 5.59. The Labute approximate surface area is 231 Å². The van der Waals surface area contributed by atoms with Gasteiger partial charge in [-0.15, -0.1) is 0 Å². The SMILES string of the molecule is COc1ccccc1N(CC(=O)N(CCc1ccccc1)[C@@H](C)C(=O)NC(C)C)S(=O)(=O)c1ccc(C)cc1. The maximum absolute atomic E-state index is 13.9. The number of para-hydroxylation sites is 2. The van der Waals surface area contributed by atoms with E-state index >= 15 is 0 Å². The molecule has 0 aliphatic heterocycles. The van der Waals surface area contributed by atoms with Crippen molar-refractivity contribution in [3.05, 3.63) is 90.0 Å². The summed E-state index contributed by atoms with van der Waals surface area (Å²) < 4.78 is 34.4. The molecule has 0 aliphatic rings. The van der Waals surface area contributed by atoms with Gasteiger partial charge in [0, 0.05) is 12.6 Å². The van der Waals surface area contributed by atoms with Crippen molar-refractivity contribution in [2.45, 2.75) is 51.1 Å². The van der Waals surface area contributed by atoms with E-state index in [9.17, 15) is 18.0 Å². The standard InChI is InChI=1S/C30H37N3O5S/c1-22(2)31-30(35)24(4)32(20-19-25-11-7-6-8-12-25)29(34)21-33(27-13-9-10-14-28(27)38-5)39(36,37)26-17-15-23(3)16-18-26/h6-18,22,24H,19-21H2,1-5H3,(H,31,35)/t24-/m0/s1. The monoisotopic (exact) mass is 551 g/mol. The lowest BCUT2D eigenvalue weighted by atomic mass is 10.1. The number of nitrogens with zero attached hydrogens (tertiary/aromatic N) is 2. The van der Waals surface area contributed by atoms with E-state index in [2.05, 4.69) is 5.32 Å². The van der Waals surface area contributed by atoms with E-state index in [1.165, 1.54) is 24.1 Å². The number of amides is 2. The van der Waals surface area contributed by atoms with Crippen LogP contribution in [0.15, 0.2) is 83.8 Å². The molecule has 208 valence electrons. The molecule has 3 aromatic carbocycles. The second-order valence-electron chi connectivity index (χ2n) is 9.66. The molecule has 0 heterocycles. The van der Waals surface area contributed by atoms with Crippen LogP contribution >= 0.6 is 0 Å². The van der Waals surface area contributed by atoms with Gasteiger partial charge < -0.3 is 15.0 Å². The maximum Gasteiger partial charge on any atom is 0.264 e. The maximum atomic E-state index is 13.9. The molecule has 9 heteroatoms. The van der Waals surface area contributed by atoms with Crippen molar-refractivity contribution in [2.24, 2.45) is 0 Å². The van der Waals surface area contributed by atoms with E-state index in [0.717, 1.165) is 15.4 Å². The Morgan fingerprint density at radius 1 is 0.897 bits per heavy atom. The highest BCUT2D eigenvalue weighted by Crippen LogP contribution is 2.32. The van der Waals surface area contributed by atoms with Crippen molar-refractivity contribution in [1.29, 1.82) is 0 Å². The molecule has 0 saturated carbocycles. The Hall–Kier alpha value is -3.85. The fourth-order valence-electron chi connectivity index (χ4n) is 4.16. The zero-order valence-electron chi connectivity index (χ0n) is 23.1. The number of ether oxygens (including phenoxy) is 1. The second kappa shape index (κ2) is 13.3. The van der Waals surface area contributed by atoms with Gasteiger partial charge >= 0.3 is 0 Å². The molecule has 1 N–H and O–H groups in total. The van der Waals surface area contributed by atoms with Gasteiger partial charge in [-0.1, -0.05) is 60.2 Å². The normalized spacial score (nSPS) is 12.1. The van der Waals surface area contributed by atoms with Gasteiger partial charge in [0.2, 0.25) is 11.8 Å². The Kier molecular flexibility index (Phi) is 10.1. The van der Waals surface area contributed by atoms with Crippen LogP contribution in [0.3, 0.4) is 0 Å². The highest BCUT2D eigenvalue weighted by atomic mass is 32.2. The number of nitrogens with one attached hydrogen (secondary N) is 1. The number of carbonyl (C=O) groups is 2. The summed E-state index contributed by atoms with van der Waals surface area (Å²) in [5, 5.41) is 2.86. The molecule has 0 radical (unpaired) electrons. The summed E-state index contributed by atoms with van der Waals surface area (Å²) in [6.07, 6.45) is 0.505. The minimum Gasteiger partial charge on any atom is -0.495 e. The average molecular weight is 552 g/mol. The molecule has 39 heavy (non-hydrogen) atoms. The van der Waals surface area contributed by atoms with Crippen LogP contribution in [0.4, 0.5) is 5.69 Å². The predicted octanol–water partition coefficient (Wildman–Crippen LogP) is 4.18. The first kappa shape index (κ1) is 29.7. The second-order valence-corrected chi connectivity index (χ2v) is 11.5. The summed E-state index contributed by atoms with van der Waals surface area (Å²) in [6, 6.07) is 21.8. The number of benzene rings is 3. The lowest BCUT2D eigenvalue weighted by Gasteiger charge is -2.32. The third kappa shape index (κ3) is 7.60. The Morgan fingerprint density at radius 2 is 1.51 bits per heavy atom. The van der Waals surface area contributed by atoms with Crippen molar-refractivity contribution < 1.29 is 22.7 Å². The first-order valence-electron chi connectivity index (χ1n) is 12.9. The number of hydrogen-bond donors (Lipinski definition) is 1. The van der Waals surface area contributed by atoms with Gasteiger partial charge in [0.15, 0.2) is 0 Å². The van der Waals surface area contributed by atoms with Crippen molar-refractivity contribution in [3.8, 4) is 5.75 Å². The van der Waals surface area contributed by atoms with Crippen LogP contribution in [-0.2, 0) is 26.0 Å². The van der Waals surface area contributed by atoms with Gasteiger partial charge in [-0.3, -0.25) is 13.9 Å². The summed E-state index contributed by atoms with van der Waals surface area (Å²) in [5.41, 5.74) is 2.14. The van der Waals surface area contributed by atoms with E-state index in [1.807, 2.05) is 51.1 Å². The van der Waals surface area contributed by atoms with Gasteiger partial charge in [0.05, 0.1) is 17.7 Å². The van der Waals surface area contributed by atoms with Crippen LogP contribution in [0.1, 0.15) is 31.9 Å². The fraction of sp³-hybridized carbons (Fsp3) is 0.333. The molecule has 8 nitrogen and oxygen atoms in total. The molecule has 0 aliphatic carbocycles. The number of aryl methyl sites for hydroxylation is 1. The highest BCUT2D eigenvalue weighted by Gasteiger charge is 2.33. The Bertz CT molecular complexity index is 1360. The van der Waals surface area contributed by atoms with Gasteiger partial charge in [-0.2, -0.15) is 0 Å². The van der Waals surface area contributed by atoms with Crippen LogP contribution < -0.4 is 14.4 Å². The molecule has 2 amide bonds. The van der Waals surface area contributed by atoms with Crippen molar-refractivity contribution in [1.82, 2.24) is 10.2 Å². The zero-order valence-corrected chi connectivity index (χ0v) is 23.9. The number of rotatable bonds is 12. The third-order valence-electron chi connectivity index (χ3n) is 6.32. The van der Waals surface area contributed by atoms with E-state index in [0.29, 0.717) is 12.2 Å². The lowest BCUT2D eigenvalue weighted by molar-refractivity contribution is -0.139. The molecule has 1 atom stereocenters. The summed E-state index contributed by atoms with van der Waals surface area (Å²) in [5.74, 6) is -0.502. The molecule has 0 aromatic heterocycles. The zero-order chi connectivity index (χ0) is 28.6. The summed E-state index contributed by atoms with van der Waals surface area (Å²) in [4.78, 5) is 28.4. The van der Waals surface area contributed by atoms with Gasteiger partial charge in [-0.05, 0) is 63.9 Å². The Balaban J connectivity index is 2.01. The van der Waals surface area contributed by atoms with Crippen molar-refractivity contribution in [3.63, 3.8) is 0 Å². The van der Waals surface area contributed by atoms with E-state index < -0.39 is 28.5 Å². The largest absolute Gasteiger partial charge is 0.495 e. The number of carbonyl (C=O) groups excluding carboxylic acids is 2. The molecule has 3 rings (SSSR count). The van der Waals surface area contributed by atoms with Crippen LogP contribution in [0.5, 0.6) is 5.75 Å². The molecular formula is C30H37N3O5S. The quantitative estimate of drug-likeness (QED) is 0.364. The average Bonchev–Trinajstić information content (AvgIpc) is 2.92. The molecular weight excluding hydrogens is 514 g/mol. The highest BCUT2D eigenvalue weighted by molar-refractivity contribution is 7.92. The Morgan fingerprint density at radius 3 is 2.13 bits per heavy atom. The molecule has 0 spiro atoms. The van der Waals surface area contributed by atoms with Gasteiger partial charge in [0.1, 0.15) is 18.3 Å². The van der Waals surface area contributed by atoms with Gasteiger partial charge in [-0.25, -0.2) is 8.42 Å². The minimum absolute atomic E-state index is 0.0493. The smallest absolute Gasteiger partial charge is 0.264 e.